The minimum atomic E-state index is -0.787. The summed E-state index contributed by atoms with van der Waals surface area (Å²) in [5.41, 5.74) is 3.08. The van der Waals surface area contributed by atoms with Gasteiger partial charge in [-0.25, -0.2) is 4.68 Å². The van der Waals surface area contributed by atoms with Gasteiger partial charge >= 0.3 is 5.97 Å². The predicted molar refractivity (Wildman–Crippen MR) is 96.3 cm³/mol. The number of aryl methyl sites for hydroxylation is 1. The molecule has 2 aromatic rings. The van der Waals surface area contributed by atoms with Crippen LogP contribution in [0.4, 0.5) is 0 Å². The van der Waals surface area contributed by atoms with Gasteiger partial charge in [0.15, 0.2) is 5.69 Å². The van der Waals surface area contributed by atoms with Crippen molar-refractivity contribution < 1.29 is 14.7 Å². The Balaban J connectivity index is 1.75. The molecule has 7 heteroatoms. The number of hydrogen-bond acceptors (Lipinski definition) is 4. The number of benzene rings is 1. The third kappa shape index (κ3) is 3.92. The molecule has 1 unspecified atom stereocenters. The Kier molecular flexibility index (Phi) is 5.35. The fourth-order valence-electron chi connectivity index (χ4n) is 3.49. The number of rotatable bonds is 5. The standard InChI is InChI=1S/C19H24N4O3/c1-13-5-3-7-16(11-13)23-14(2)18(20-21-23)19(26)22-10-4-6-15(12-22)8-9-17(24)25/h3,5,7,11,15H,4,6,8-10,12H2,1-2H3,(H,24,25). The number of amides is 1. The molecule has 3 rings (SSSR count). The lowest BCUT2D eigenvalue weighted by Crippen LogP contribution is -2.40. The summed E-state index contributed by atoms with van der Waals surface area (Å²) < 4.78 is 1.69. The number of carbonyl (C=O) groups is 2. The second-order valence-corrected chi connectivity index (χ2v) is 6.97. The summed E-state index contributed by atoms with van der Waals surface area (Å²) in [4.78, 5) is 25.5. The largest absolute Gasteiger partial charge is 0.481 e. The maximum absolute atomic E-state index is 12.9. The zero-order valence-electron chi connectivity index (χ0n) is 15.2. The Morgan fingerprint density at radius 3 is 2.85 bits per heavy atom. The number of carboxylic acid groups (broad SMARTS) is 1. The van der Waals surface area contributed by atoms with Gasteiger partial charge in [-0.05, 0) is 56.7 Å². The van der Waals surface area contributed by atoms with Crippen LogP contribution in [0.25, 0.3) is 5.69 Å². The van der Waals surface area contributed by atoms with Gasteiger partial charge in [-0.2, -0.15) is 0 Å². The van der Waals surface area contributed by atoms with Crippen LogP contribution in [0.3, 0.4) is 0 Å². The molecule has 1 saturated heterocycles. The molecule has 1 aliphatic heterocycles. The van der Waals surface area contributed by atoms with Crippen molar-refractivity contribution in [1.29, 1.82) is 0 Å². The number of aliphatic carboxylic acids is 1. The van der Waals surface area contributed by atoms with Crippen LogP contribution in [0, 0.1) is 19.8 Å². The number of hydrogen-bond donors (Lipinski definition) is 1. The van der Waals surface area contributed by atoms with Crippen LogP contribution < -0.4 is 0 Å². The summed E-state index contributed by atoms with van der Waals surface area (Å²) in [6.07, 6.45) is 2.61. The highest BCUT2D eigenvalue weighted by atomic mass is 16.4. The smallest absolute Gasteiger partial charge is 0.303 e. The van der Waals surface area contributed by atoms with E-state index in [1.807, 2.05) is 38.1 Å². The maximum atomic E-state index is 12.9. The molecular formula is C19H24N4O3. The molecule has 0 aliphatic carbocycles. The Morgan fingerprint density at radius 2 is 2.12 bits per heavy atom. The van der Waals surface area contributed by atoms with E-state index >= 15 is 0 Å². The molecule has 0 spiro atoms. The molecule has 7 nitrogen and oxygen atoms in total. The minimum absolute atomic E-state index is 0.124. The van der Waals surface area contributed by atoms with Crippen LogP contribution >= 0.6 is 0 Å². The van der Waals surface area contributed by atoms with Crippen LogP contribution in [-0.4, -0.2) is 50.0 Å². The minimum Gasteiger partial charge on any atom is -0.481 e. The van der Waals surface area contributed by atoms with Gasteiger partial charge in [0.25, 0.3) is 5.91 Å². The first-order chi connectivity index (χ1) is 12.5. The number of piperidine rings is 1. The predicted octanol–water partition coefficient (Wildman–Crippen LogP) is 2.60. The van der Waals surface area contributed by atoms with E-state index in [4.69, 9.17) is 5.11 Å². The van der Waals surface area contributed by atoms with Crippen molar-refractivity contribution in [3.05, 3.63) is 41.2 Å². The van der Waals surface area contributed by atoms with Crippen molar-refractivity contribution in [3.63, 3.8) is 0 Å². The van der Waals surface area contributed by atoms with E-state index in [-0.39, 0.29) is 18.2 Å². The lowest BCUT2D eigenvalue weighted by Gasteiger charge is -2.32. The highest BCUT2D eigenvalue weighted by Crippen LogP contribution is 2.23. The van der Waals surface area contributed by atoms with E-state index in [1.54, 1.807) is 9.58 Å². The van der Waals surface area contributed by atoms with Gasteiger partial charge in [0.1, 0.15) is 0 Å². The van der Waals surface area contributed by atoms with E-state index in [0.29, 0.717) is 30.9 Å². The number of likely N-dealkylation sites (tertiary alicyclic amines) is 1. The van der Waals surface area contributed by atoms with Gasteiger partial charge in [-0.1, -0.05) is 17.3 Å². The Labute approximate surface area is 152 Å². The molecule has 26 heavy (non-hydrogen) atoms. The second kappa shape index (κ2) is 7.68. The van der Waals surface area contributed by atoms with Gasteiger partial charge in [-0.15, -0.1) is 5.10 Å². The van der Waals surface area contributed by atoms with Crippen LogP contribution in [0.2, 0.25) is 0 Å². The molecule has 1 atom stereocenters. The molecular weight excluding hydrogens is 332 g/mol. The second-order valence-electron chi connectivity index (χ2n) is 6.97. The van der Waals surface area contributed by atoms with Crippen LogP contribution in [0.5, 0.6) is 0 Å². The maximum Gasteiger partial charge on any atom is 0.303 e. The molecule has 1 N–H and O–H groups in total. The van der Waals surface area contributed by atoms with Crippen LogP contribution in [-0.2, 0) is 4.79 Å². The Morgan fingerprint density at radius 1 is 1.31 bits per heavy atom. The Bertz CT molecular complexity index is 815. The Hall–Kier alpha value is -2.70. The highest BCUT2D eigenvalue weighted by Gasteiger charge is 2.28. The zero-order chi connectivity index (χ0) is 18.7. The fourth-order valence-corrected chi connectivity index (χ4v) is 3.49. The molecule has 1 amide bonds. The molecule has 0 radical (unpaired) electrons. The zero-order valence-corrected chi connectivity index (χ0v) is 15.2. The van der Waals surface area contributed by atoms with Crippen molar-refractivity contribution in [2.45, 2.75) is 39.5 Å². The molecule has 0 bridgehead atoms. The highest BCUT2D eigenvalue weighted by molar-refractivity contribution is 5.93. The van der Waals surface area contributed by atoms with Crippen molar-refractivity contribution in [1.82, 2.24) is 19.9 Å². The molecule has 1 fully saturated rings. The van der Waals surface area contributed by atoms with Crippen molar-refractivity contribution in [2.24, 2.45) is 5.92 Å². The third-order valence-corrected chi connectivity index (χ3v) is 4.92. The average molecular weight is 356 g/mol. The summed E-state index contributed by atoms with van der Waals surface area (Å²) in [6, 6.07) is 7.89. The first-order valence-corrected chi connectivity index (χ1v) is 8.96. The van der Waals surface area contributed by atoms with E-state index < -0.39 is 5.97 Å². The monoisotopic (exact) mass is 356 g/mol. The number of carbonyl (C=O) groups excluding carboxylic acids is 1. The van der Waals surface area contributed by atoms with Gasteiger partial charge in [0.2, 0.25) is 0 Å². The van der Waals surface area contributed by atoms with Gasteiger partial charge in [-0.3, -0.25) is 9.59 Å². The number of aromatic nitrogens is 3. The number of nitrogens with zero attached hydrogens (tertiary/aromatic N) is 4. The summed E-state index contributed by atoms with van der Waals surface area (Å²) in [5.74, 6) is -0.678. The first-order valence-electron chi connectivity index (χ1n) is 8.96. The molecule has 2 heterocycles. The molecule has 138 valence electrons. The van der Waals surface area contributed by atoms with Crippen LogP contribution in [0.1, 0.15) is 47.4 Å². The average Bonchev–Trinajstić information content (AvgIpc) is 3.01. The fraction of sp³-hybridized carbons (Fsp3) is 0.474. The summed E-state index contributed by atoms with van der Waals surface area (Å²) in [6.45, 7) is 5.12. The quantitative estimate of drug-likeness (QED) is 0.889. The molecule has 1 aromatic heterocycles. The van der Waals surface area contributed by atoms with Crippen LogP contribution in [0.15, 0.2) is 24.3 Å². The van der Waals surface area contributed by atoms with Gasteiger partial charge < -0.3 is 10.0 Å². The first kappa shape index (κ1) is 18.1. The van der Waals surface area contributed by atoms with Crippen molar-refractivity contribution >= 4 is 11.9 Å². The lowest BCUT2D eigenvalue weighted by molar-refractivity contribution is -0.137. The SMILES string of the molecule is Cc1cccc(-n2nnc(C(=O)N3CCCC(CCC(=O)O)C3)c2C)c1. The summed E-state index contributed by atoms with van der Waals surface area (Å²) >= 11 is 0. The van der Waals surface area contributed by atoms with E-state index in [9.17, 15) is 9.59 Å². The topological polar surface area (TPSA) is 88.3 Å². The molecule has 0 saturated carbocycles. The van der Waals surface area contributed by atoms with Gasteiger partial charge in [0.05, 0.1) is 11.4 Å². The summed E-state index contributed by atoms with van der Waals surface area (Å²) in [5, 5.41) is 17.1. The van der Waals surface area contributed by atoms with E-state index in [0.717, 1.165) is 24.1 Å². The molecule has 1 aliphatic rings. The van der Waals surface area contributed by atoms with E-state index in [2.05, 4.69) is 10.3 Å². The van der Waals surface area contributed by atoms with E-state index in [1.165, 1.54) is 0 Å². The van der Waals surface area contributed by atoms with Crippen molar-refractivity contribution in [3.8, 4) is 5.69 Å². The number of carboxylic acids is 1. The van der Waals surface area contributed by atoms with Crippen molar-refractivity contribution in [2.75, 3.05) is 13.1 Å². The molecule has 1 aromatic carbocycles. The summed E-state index contributed by atoms with van der Waals surface area (Å²) in [7, 11) is 0. The lowest BCUT2D eigenvalue weighted by atomic mass is 9.93. The van der Waals surface area contributed by atoms with Gasteiger partial charge in [0, 0.05) is 19.5 Å². The normalized spacial score (nSPS) is 17.3. The third-order valence-electron chi connectivity index (χ3n) is 4.92.